The Morgan fingerprint density at radius 1 is 0.833 bits per heavy atom. The van der Waals surface area contributed by atoms with Crippen molar-refractivity contribution in [3.05, 3.63) is 28.8 Å². The lowest BCUT2D eigenvalue weighted by Crippen LogP contribution is -2.54. The van der Waals surface area contributed by atoms with Crippen molar-refractivity contribution >= 4 is 20.0 Å². The van der Waals surface area contributed by atoms with Crippen molar-refractivity contribution in [2.24, 2.45) is 0 Å². The zero-order chi connectivity index (χ0) is 26.1. The fraction of sp³-hybridized carbons (Fsp3) is 0.769. The van der Waals surface area contributed by atoms with Gasteiger partial charge in [0.25, 0.3) is 0 Å². The number of nitrogens with zero attached hydrogens (tertiary/aromatic N) is 4. The molecule has 3 heterocycles. The molecule has 0 aliphatic carbocycles. The van der Waals surface area contributed by atoms with Crippen LogP contribution in [-0.4, -0.2) is 106 Å². The predicted octanol–water partition coefficient (Wildman–Crippen LogP) is 2.59. The average molecular weight is 541 g/mol. The third kappa shape index (κ3) is 6.15. The number of likely N-dealkylation sites (tertiary alicyclic amines) is 1. The van der Waals surface area contributed by atoms with E-state index in [2.05, 4.69) is 16.8 Å². The Labute approximate surface area is 218 Å². The molecule has 3 aliphatic heterocycles. The minimum Gasteiger partial charge on any atom is -0.306 e. The Bertz CT molecular complexity index is 1100. The molecule has 1 aromatic carbocycles. The van der Waals surface area contributed by atoms with Crippen LogP contribution in [0.25, 0.3) is 0 Å². The van der Waals surface area contributed by atoms with Crippen LogP contribution in [0.1, 0.15) is 55.2 Å². The topological polar surface area (TPSA) is 81.2 Å². The number of hydrogen-bond donors (Lipinski definition) is 0. The van der Waals surface area contributed by atoms with Crippen molar-refractivity contribution in [2.75, 3.05) is 58.6 Å². The zero-order valence-electron chi connectivity index (χ0n) is 22.4. The highest BCUT2D eigenvalue weighted by molar-refractivity contribution is 7.89. The second kappa shape index (κ2) is 11.4. The third-order valence-electron chi connectivity index (χ3n) is 8.31. The Hall–Kier alpha value is -1.04. The Morgan fingerprint density at radius 2 is 1.44 bits per heavy atom. The molecule has 3 fully saturated rings. The lowest BCUT2D eigenvalue weighted by Gasteiger charge is -2.41. The molecule has 3 aliphatic rings. The lowest BCUT2D eigenvalue weighted by molar-refractivity contribution is 0.0892. The molecule has 1 aromatic rings. The van der Waals surface area contributed by atoms with E-state index in [1.165, 1.54) is 0 Å². The number of piperazine rings is 1. The summed E-state index contributed by atoms with van der Waals surface area (Å²) in [6.07, 6.45) is 4.99. The Morgan fingerprint density at radius 3 is 2.06 bits per heavy atom. The third-order valence-corrected chi connectivity index (χ3v) is 12.5. The summed E-state index contributed by atoms with van der Waals surface area (Å²) >= 11 is 0. The molecule has 4 rings (SSSR count). The van der Waals surface area contributed by atoms with Crippen molar-refractivity contribution in [3.63, 3.8) is 0 Å². The van der Waals surface area contributed by atoms with Crippen molar-refractivity contribution in [1.29, 1.82) is 0 Å². The molecule has 0 N–H and O–H groups in total. The van der Waals surface area contributed by atoms with E-state index in [1.807, 2.05) is 32.9 Å². The summed E-state index contributed by atoms with van der Waals surface area (Å²) in [7, 11) is -4.78. The quantitative estimate of drug-likeness (QED) is 0.504. The van der Waals surface area contributed by atoms with Gasteiger partial charge in [0.2, 0.25) is 20.0 Å². The van der Waals surface area contributed by atoms with Gasteiger partial charge in [-0.15, -0.1) is 0 Å². The summed E-state index contributed by atoms with van der Waals surface area (Å²) in [6.45, 7) is 11.1. The number of piperidine rings is 1. The molecule has 1 unspecified atom stereocenters. The second-order valence-electron chi connectivity index (χ2n) is 11.1. The van der Waals surface area contributed by atoms with Crippen LogP contribution in [0.5, 0.6) is 0 Å². The summed E-state index contributed by atoms with van der Waals surface area (Å²) in [5.74, 6) is 0.0915. The summed E-state index contributed by atoms with van der Waals surface area (Å²) in [5.41, 5.74) is 2.61. The number of sulfonamides is 2. The largest absolute Gasteiger partial charge is 0.306 e. The highest BCUT2D eigenvalue weighted by Gasteiger charge is 2.37. The standard InChI is InChI=1S/C26H44N4O4S2/c1-21-19-22(2)26(23(3)20-21)36(33,34)30-11-5-7-25(30)8-6-18-35(31,32)29-16-14-28(15-17-29)24-9-12-27(4)13-10-24/h19-20,24-25H,5-18H2,1-4H3. The first-order valence-corrected chi connectivity index (χ1v) is 16.5. The van der Waals surface area contributed by atoms with Crippen LogP contribution in [0.3, 0.4) is 0 Å². The zero-order valence-corrected chi connectivity index (χ0v) is 24.1. The van der Waals surface area contributed by atoms with Gasteiger partial charge in [0.15, 0.2) is 0 Å². The SMILES string of the molecule is Cc1cc(C)c(S(=O)(=O)N2CCCC2CCCS(=O)(=O)N2CCN(C3CCN(C)CC3)CC2)c(C)c1. The van der Waals surface area contributed by atoms with E-state index in [0.29, 0.717) is 43.4 Å². The van der Waals surface area contributed by atoms with Crippen molar-refractivity contribution in [3.8, 4) is 0 Å². The van der Waals surface area contributed by atoms with Crippen LogP contribution in [0, 0.1) is 20.8 Å². The summed E-state index contributed by atoms with van der Waals surface area (Å²) < 4.78 is 56.6. The van der Waals surface area contributed by atoms with E-state index < -0.39 is 20.0 Å². The van der Waals surface area contributed by atoms with Gasteiger partial charge in [-0.1, -0.05) is 17.7 Å². The van der Waals surface area contributed by atoms with E-state index in [-0.39, 0.29) is 11.8 Å². The van der Waals surface area contributed by atoms with Gasteiger partial charge in [-0.05, 0) is 90.6 Å². The number of rotatable bonds is 8. The number of benzene rings is 1. The minimum atomic E-state index is -3.61. The van der Waals surface area contributed by atoms with Gasteiger partial charge in [-0.25, -0.2) is 16.8 Å². The van der Waals surface area contributed by atoms with Gasteiger partial charge >= 0.3 is 0 Å². The van der Waals surface area contributed by atoms with Gasteiger partial charge in [0.1, 0.15) is 0 Å². The van der Waals surface area contributed by atoms with Crippen molar-refractivity contribution < 1.29 is 16.8 Å². The highest BCUT2D eigenvalue weighted by atomic mass is 32.2. The van der Waals surface area contributed by atoms with Gasteiger partial charge in [-0.2, -0.15) is 8.61 Å². The molecule has 8 nitrogen and oxygen atoms in total. The monoisotopic (exact) mass is 540 g/mol. The second-order valence-corrected chi connectivity index (χ2v) is 15.0. The molecule has 0 amide bonds. The van der Waals surface area contributed by atoms with E-state index in [0.717, 1.165) is 68.6 Å². The molecular weight excluding hydrogens is 496 g/mol. The highest BCUT2D eigenvalue weighted by Crippen LogP contribution is 2.32. The van der Waals surface area contributed by atoms with Crippen LogP contribution in [0.4, 0.5) is 0 Å². The molecular formula is C26H44N4O4S2. The molecule has 10 heteroatoms. The van der Waals surface area contributed by atoms with Gasteiger partial charge in [0.05, 0.1) is 10.6 Å². The van der Waals surface area contributed by atoms with Crippen LogP contribution < -0.4 is 0 Å². The molecule has 3 saturated heterocycles. The Kier molecular flexibility index (Phi) is 8.84. The maximum atomic E-state index is 13.6. The molecule has 0 saturated carbocycles. The van der Waals surface area contributed by atoms with Crippen molar-refractivity contribution in [1.82, 2.24) is 18.4 Å². The molecule has 0 spiro atoms. The van der Waals surface area contributed by atoms with Gasteiger partial charge in [-0.3, -0.25) is 4.90 Å². The fourth-order valence-corrected chi connectivity index (χ4v) is 10.1. The fourth-order valence-electron chi connectivity index (χ4n) is 6.44. The van der Waals surface area contributed by atoms with E-state index >= 15 is 0 Å². The molecule has 0 aromatic heterocycles. The molecule has 1 atom stereocenters. The smallest absolute Gasteiger partial charge is 0.243 e. The van der Waals surface area contributed by atoms with Crippen LogP contribution in [-0.2, 0) is 20.0 Å². The first-order chi connectivity index (χ1) is 17.0. The first-order valence-electron chi connectivity index (χ1n) is 13.5. The lowest BCUT2D eigenvalue weighted by atomic mass is 10.0. The summed E-state index contributed by atoms with van der Waals surface area (Å²) in [6, 6.07) is 4.28. The maximum Gasteiger partial charge on any atom is 0.243 e. The van der Waals surface area contributed by atoms with Crippen LogP contribution in [0.2, 0.25) is 0 Å². The van der Waals surface area contributed by atoms with Crippen LogP contribution in [0.15, 0.2) is 17.0 Å². The molecule has 0 radical (unpaired) electrons. The van der Waals surface area contributed by atoms with E-state index in [9.17, 15) is 16.8 Å². The first kappa shape index (κ1) is 28.0. The average Bonchev–Trinajstić information content (AvgIpc) is 3.28. The van der Waals surface area contributed by atoms with Gasteiger partial charge in [0, 0.05) is 44.8 Å². The maximum absolute atomic E-state index is 13.6. The summed E-state index contributed by atoms with van der Waals surface area (Å²) in [4.78, 5) is 5.24. The Balaban J connectivity index is 1.31. The normalized spacial score (nSPS) is 24.5. The van der Waals surface area contributed by atoms with Crippen LogP contribution >= 0.6 is 0 Å². The van der Waals surface area contributed by atoms with Gasteiger partial charge < -0.3 is 4.90 Å². The predicted molar refractivity (Wildman–Crippen MR) is 144 cm³/mol. The summed E-state index contributed by atoms with van der Waals surface area (Å²) in [5, 5.41) is 0. The molecule has 0 bridgehead atoms. The molecule has 36 heavy (non-hydrogen) atoms. The molecule has 204 valence electrons. The van der Waals surface area contributed by atoms with Crippen molar-refractivity contribution in [2.45, 2.75) is 76.3 Å². The number of aryl methyl sites for hydroxylation is 3. The van der Waals surface area contributed by atoms with E-state index in [1.54, 1.807) is 8.61 Å². The minimum absolute atomic E-state index is 0.0915. The number of hydrogen-bond acceptors (Lipinski definition) is 6. The van der Waals surface area contributed by atoms with E-state index in [4.69, 9.17) is 0 Å².